The van der Waals surface area contributed by atoms with E-state index < -0.39 is 5.97 Å². The van der Waals surface area contributed by atoms with Crippen molar-refractivity contribution in [2.24, 2.45) is 0 Å². The standard InChI is InChI=1S/C24H28N4O4S/c1-16(32-2)18-12-21(22(29)25-19-8-6-17(7-9-19)23(30)31)28(13-18)14-20-15-33-24(26-20)27-10-4-3-5-11-27/h6-9,12-13,15-16H,3-5,10-11,14H2,1-2H3,(H,25,29)(H,30,31). The molecule has 4 rings (SSSR count). The molecule has 2 N–H and O–H groups in total. The van der Waals surface area contributed by atoms with E-state index in [-0.39, 0.29) is 17.6 Å². The molecule has 3 aromatic rings. The Hall–Kier alpha value is -3.17. The molecule has 1 aliphatic heterocycles. The Kier molecular flexibility index (Phi) is 7.10. The number of carboxylic acid groups (broad SMARTS) is 1. The smallest absolute Gasteiger partial charge is 0.335 e. The maximum Gasteiger partial charge on any atom is 0.335 e. The van der Waals surface area contributed by atoms with Gasteiger partial charge in [-0.2, -0.15) is 0 Å². The van der Waals surface area contributed by atoms with Gasteiger partial charge >= 0.3 is 5.97 Å². The van der Waals surface area contributed by atoms with Crippen molar-refractivity contribution in [3.8, 4) is 0 Å². The number of benzene rings is 1. The highest BCUT2D eigenvalue weighted by Crippen LogP contribution is 2.26. The third-order valence-corrected chi connectivity index (χ3v) is 6.81. The largest absolute Gasteiger partial charge is 0.478 e. The summed E-state index contributed by atoms with van der Waals surface area (Å²) < 4.78 is 7.34. The lowest BCUT2D eigenvalue weighted by molar-refractivity contribution is 0.0696. The number of ether oxygens (including phenoxy) is 1. The van der Waals surface area contributed by atoms with E-state index in [0.29, 0.717) is 17.9 Å². The predicted molar refractivity (Wildman–Crippen MR) is 128 cm³/mol. The molecule has 8 nitrogen and oxygen atoms in total. The number of nitrogens with zero attached hydrogens (tertiary/aromatic N) is 3. The fourth-order valence-corrected chi connectivity index (χ4v) is 4.75. The Bertz CT molecular complexity index is 1120. The molecule has 1 unspecified atom stereocenters. The number of thiazole rings is 1. The molecule has 0 aliphatic carbocycles. The van der Waals surface area contributed by atoms with Crippen molar-refractivity contribution >= 4 is 34.0 Å². The van der Waals surface area contributed by atoms with E-state index in [0.717, 1.165) is 29.5 Å². The zero-order valence-electron chi connectivity index (χ0n) is 18.8. The molecule has 1 atom stereocenters. The lowest BCUT2D eigenvalue weighted by atomic mass is 10.1. The minimum Gasteiger partial charge on any atom is -0.478 e. The van der Waals surface area contributed by atoms with E-state index in [2.05, 4.69) is 15.6 Å². The second kappa shape index (κ2) is 10.2. The molecule has 1 aliphatic rings. The Morgan fingerprint density at radius 1 is 1.21 bits per heavy atom. The summed E-state index contributed by atoms with van der Waals surface area (Å²) in [6, 6.07) is 7.92. The topological polar surface area (TPSA) is 96.7 Å². The number of piperidine rings is 1. The summed E-state index contributed by atoms with van der Waals surface area (Å²) in [5, 5.41) is 15.0. The summed E-state index contributed by atoms with van der Waals surface area (Å²) in [6.45, 7) is 4.49. The quantitative estimate of drug-likeness (QED) is 0.500. The molecule has 1 saturated heterocycles. The number of carboxylic acids is 1. The first kappa shape index (κ1) is 23.0. The Labute approximate surface area is 196 Å². The summed E-state index contributed by atoms with van der Waals surface area (Å²) >= 11 is 1.64. The summed E-state index contributed by atoms with van der Waals surface area (Å²) in [5.41, 5.74) is 2.99. The lowest BCUT2D eigenvalue weighted by Crippen LogP contribution is -2.29. The highest BCUT2D eigenvalue weighted by atomic mass is 32.1. The van der Waals surface area contributed by atoms with Crippen LogP contribution in [0.3, 0.4) is 0 Å². The SMILES string of the molecule is COC(C)c1cc(C(=O)Nc2ccc(C(=O)O)cc2)n(Cc2csc(N3CCCCC3)n2)c1. The van der Waals surface area contributed by atoms with Gasteiger partial charge in [0, 0.05) is 37.5 Å². The van der Waals surface area contributed by atoms with Gasteiger partial charge in [-0.3, -0.25) is 4.79 Å². The number of methoxy groups -OCH3 is 1. The van der Waals surface area contributed by atoms with Gasteiger partial charge in [-0.05, 0) is 62.1 Å². The molecule has 1 fully saturated rings. The molecule has 0 saturated carbocycles. The van der Waals surface area contributed by atoms with Crippen LogP contribution in [0.2, 0.25) is 0 Å². The van der Waals surface area contributed by atoms with Gasteiger partial charge in [-0.1, -0.05) is 0 Å². The van der Waals surface area contributed by atoms with Crippen molar-refractivity contribution in [1.82, 2.24) is 9.55 Å². The number of anilines is 2. The number of hydrogen-bond donors (Lipinski definition) is 2. The second-order valence-electron chi connectivity index (χ2n) is 8.17. The zero-order chi connectivity index (χ0) is 23.4. The average Bonchev–Trinajstić information content (AvgIpc) is 3.47. The van der Waals surface area contributed by atoms with Crippen molar-refractivity contribution in [3.63, 3.8) is 0 Å². The van der Waals surface area contributed by atoms with Crippen LogP contribution in [0.15, 0.2) is 41.9 Å². The number of carbonyl (C=O) groups is 2. The van der Waals surface area contributed by atoms with Gasteiger partial charge in [0.2, 0.25) is 0 Å². The number of hydrogen-bond acceptors (Lipinski definition) is 6. The summed E-state index contributed by atoms with van der Waals surface area (Å²) in [7, 11) is 1.64. The number of carbonyl (C=O) groups excluding carboxylic acids is 1. The molecular weight excluding hydrogens is 440 g/mol. The highest BCUT2D eigenvalue weighted by Gasteiger charge is 2.19. The maximum absolute atomic E-state index is 13.1. The maximum atomic E-state index is 13.1. The van der Waals surface area contributed by atoms with Crippen LogP contribution in [-0.4, -0.2) is 46.7 Å². The first-order chi connectivity index (χ1) is 15.9. The van der Waals surface area contributed by atoms with Crippen LogP contribution >= 0.6 is 11.3 Å². The number of aromatic carboxylic acids is 1. The fraction of sp³-hybridized carbons (Fsp3) is 0.375. The van der Waals surface area contributed by atoms with Crippen LogP contribution in [0.4, 0.5) is 10.8 Å². The minimum atomic E-state index is -1.01. The minimum absolute atomic E-state index is 0.160. The van der Waals surface area contributed by atoms with Crippen LogP contribution < -0.4 is 10.2 Å². The van der Waals surface area contributed by atoms with Crippen LogP contribution in [0, 0.1) is 0 Å². The van der Waals surface area contributed by atoms with Gasteiger partial charge in [0.25, 0.3) is 5.91 Å². The van der Waals surface area contributed by atoms with Crippen LogP contribution in [0.1, 0.15) is 64.4 Å². The van der Waals surface area contributed by atoms with Crippen molar-refractivity contribution in [2.75, 3.05) is 30.4 Å². The molecular formula is C24H28N4O4S. The molecule has 9 heteroatoms. The van der Waals surface area contributed by atoms with Gasteiger partial charge in [0.15, 0.2) is 5.13 Å². The van der Waals surface area contributed by atoms with Crippen LogP contribution in [-0.2, 0) is 11.3 Å². The molecule has 1 aromatic carbocycles. The average molecular weight is 469 g/mol. The Balaban J connectivity index is 1.54. The van der Waals surface area contributed by atoms with Crippen LogP contribution in [0.25, 0.3) is 0 Å². The third kappa shape index (κ3) is 5.43. The number of rotatable bonds is 8. The first-order valence-corrected chi connectivity index (χ1v) is 11.9. The second-order valence-corrected chi connectivity index (χ2v) is 9.01. The molecule has 1 amide bonds. The lowest BCUT2D eigenvalue weighted by Gasteiger charge is -2.25. The molecule has 174 valence electrons. The van der Waals surface area contributed by atoms with E-state index >= 15 is 0 Å². The summed E-state index contributed by atoms with van der Waals surface area (Å²) in [4.78, 5) is 31.3. The van der Waals surface area contributed by atoms with Gasteiger partial charge in [-0.15, -0.1) is 11.3 Å². The van der Waals surface area contributed by atoms with E-state index in [1.165, 1.54) is 31.4 Å². The van der Waals surface area contributed by atoms with Crippen LogP contribution in [0.5, 0.6) is 0 Å². The third-order valence-electron chi connectivity index (χ3n) is 5.86. The van der Waals surface area contributed by atoms with Gasteiger partial charge in [0.05, 0.1) is 23.9 Å². The monoisotopic (exact) mass is 468 g/mol. The van der Waals surface area contributed by atoms with Crippen molar-refractivity contribution < 1.29 is 19.4 Å². The molecule has 0 spiro atoms. The zero-order valence-corrected chi connectivity index (χ0v) is 19.6. The van der Waals surface area contributed by atoms with Gasteiger partial charge < -0.3 is 24.6 Å². The molecule has 0 bridgehead atoms. The summed E-state index contributed by atoms with van der Waals surface area (Å²) in [6.07, 6.45) is 5.43. The Morgan fingerprint density at radius 2 is 1.94 bits per heavy atom. The molecule has 3 heterocycles. The molecule has 33 heavy (non-hydrogen) atoms. The number of nitrogens with one attached hydrogen (secondary N) is 1. The predicted octanol–water partition coefficient (Wildman–Crippen LogP) is 4.64. The van der Waals surface area contributed by atoms with Crippen molar-refractivity contribution in [3.05, 3.63) is 64.4 Å². The number of amides is 1. The van der Waals surface area contributed by atoms with Crippen molar-refractivity contribution in [2.45, 2.75) is 38.8 Å². The Morgan fingerprint density at radius 3 is 2.61 bits per heavy atom. The van der Waals surface area contributed by atoms with Gasteiger partial charge in [0.1, 0.15) is 5.69 Å². The molecule has 0 radical (unpaired) electrons. The van der Waals surface area contributed by atoms with Gasteiger partial charge in [-0.25, -0.2) is 9.78 Å². The highest BCUT2D eigenvalue weighted by molar-refractivity contribution is 7.13. The number of aromatic nitrogens is 2. The van der Waals surface area contributed by atoms with Crippen molar-refractivity contribution in [1.29, 1.82) is 0 Å². The van der Waals surface area contributed by atoms with E-state index in [4.69, 9.17) is 14.8 Å². The molecule has 2 aromatic heterocycles. The first-order valence-electron chi connectivity index (χ1n) is 11.0. The normalized spacial score (nSPS) is 14.8. The van der Waals surface area contributed by atoms with E-state index in [9.17, 15) is 9.59 Å². The van der Waals surface area contributed by atoms with E-state index in [1.807, 2.05) is 23.8 Å². The summed E-state index contributed by atoms with van der Waals surface area (Å²) in [5.74, 6) is -1.29. The fourth-order valence-electron chi connectivity index (χ4n) is 3.88. The van der Waals surface area contributed by atoms with E-state index in [1.54, 1.807) is 30.6 Å².